The van der Waals surface area contributed by atoms with Crippen molar-refractivity contribution in [3.05, 3.63) is 0 Å². The van der Waals surface area contributed by atoms with Gasteiger partial charge in [-0.05, 0) is 44.4 Å². The summed E-state index contributed by atoms with van der Waals surface area (Å²) in [6, 6.07) is 0. The van der Waals surface area contributed by atoms with E-state index < -0.39 is 5.60 Å². The highest BCUT2D eigenvalue weighted by Gasteiger charge is 2.47. The summed E-state index contributed by atoms with van der Waals surface area (Å²) in [6.45, 7) is 8.50. The van der Waals surface area contributed by atoms with Crippen LogP contribution in [0.5, 0.6) is 0 Å². The lowest BCUT2D eigenvalue weighted by molar-refractivity contribution is -0.156. The Balaban J connectivity index is 2.09. The Kier molecular flexibility index (Phi) is 4.12. The Morgan fingerprint density at radius 3 is 2.44 bits per heavy atom. The van der Waals surface area contributed by atoms with Crippen molar-refractivity contribution in [3.8, 4) is 0 Å². The predicted octanol–water partition coefficient (Wildman–Crippen LogP) is 2.97. The molecule has 2 aliphatic rings. The zero-order valence-corrected chi connectivity index (χ0v) is 12.0. The van der Waals surface area contributed by atoms with E-state index in [9.17, 15) is 4.79 Å². The molecule has 104 valence electrons. The van der Waals surface area contributed by atoms with Crippen LogP contribution in [-0.4, -0.2) is 31.2 Å². The summed E-state index contributed by atoms with van der Waals surface area (Å²) in [5.74, 6) is 0.370. The summed E-state index contributed by atoms with van der Waals surface area (Å²) in [5, 5.41) is 0. The van der Waals surface area contributed by atoms with Crippen LogP contribution in [0.4, 0.5) is 0 Å². The molecule has 2 rings (SSSR count). The summed E-state index contributed by atoms with van der Waals surface area (Å²) in [4.78, 5) is 12.7. The van der Waals surface area contributed by atoms with Gasteiger partial charge in [0.25, 0.3) is 0 Å². The van der Waals surface area contributed by atoms with Gasteiger partial charge in [-0.3, -0.25) is 4.79 Å². The molecule has 1 saturated carbocycles. The van der Waals surface area contributed by atoms with Gasteiger partial charge in [-0.1, -0.05) is 13.8 Å². The molecule has 1 heterocycles. The first-order valence-corrected chi connectivity index (χ1v) is 7.25. The molecule has 1 aliphatic carbocycles. The number of hydrogen-bond donors (Lipinski definition) is 0. The van der Waals surface area contributed by atoms with Crippen molar-refractivity contribution >= 4 is 5.78 Å². The summed E-state index contributed by atoms with van der Waals surface area (Å²) in [5.41, 5.74) is -0.157. The van der Waals surface area contributed by atoms with Crippen LogP contribution < -0.4 is 0 Å². The van der Waals surface area contributed by atoms with E-state index in [2.05, 4.69) is 13.8 Å². The van der Waals surface area contributed by atoms with Crippen molar-refractivity contribution < 1.29 is 14.3 Å². The fourth-order valence-corrected chi connectivity index (χ4v) is 3.18. The number of ketones is 1. The van der Waals surface area contributed by atoms with Crippen LogP contribution in [-0.2, 0) is 14.3 Å². The van der Waals surface area contributed by atoms with Gasteiger partial charge < -0.3 is 9.47 Å². The molecular weight excluding hydrogens is 228 g/mol. The van der Waals surface area contributed by atoms with Crippen LogP contribution in [0.15, 0.2) is 0 Å². The molecule has 0 radical (unpaired) electrons. The molecule has 0 aromatic carbocycles. The average molecular weight is 254 g/mol. The predicted molar refractivity (Wildman–Crippen MR) is 70.5 cm³/mol. The van der Waals surface area contributed by atoms with Crippen molar-refractivity contribution in [1.82, 2.24) is 0 Å². The number of rotatable bonds is 4. The third kappa shape index (κ3) is 2.77. The smallest absolute Gasteiger partial charge is 0.170 e. The zero-order valence-electron chi connectivity index (χ0n) is 12.0. The first-order chi connectivity index (χ1) is 8.49. The van der Waals surface area contributed by atoms with Gasteiger partial charge in [-0.25, -0.2) is 0 Å². The quantitative estimate of drug-likeness (QED) is 0.773. The van der Waals surface area contributed by atoms with Crippen LogP contribution in [0.25, 0.3) is 0 Å². The van der Waals surface area contributed by atoms with Crippen molar-refractivity contribution in [2.75, 3.05) is 19.8 Å². The van der Waals surface area contributed by atoms with Gasteiger partial charge in [0.2, 0.25) is 0 Å². The molecule has 1 aliphatic heterocycles. The van der Waals surface area contributed by atoms with E-state index in [0.717, 1.165) is 38.7 Å². The molecule has 0 aromatic heterocycles. The number of ether oxygens (including phenoxy) is 2. The van der Waals surface area contributed by atoms with Crippen LogP contribution in [0.3, 0.4) is 0 Å². The Morgan fingerprint density at radius 1 is 1.28 bits per heavy atom. The van der Waals surface area contributed by atoms with Crippen LogP contribution in [0, 0.1) is 11.3 Å². The molecule has 0 aromatic rings. The highest BCUT2D eigenvalue weighted by Crippen LogP contribution is 2.44. The second-order valence-corrected chi connectivity index (χ2v) is 6.52. The molecule has 1 saturated heterocycles. The summed E-state index contributed by atoms with van der Waals surface area (Å²) < 4.78 is 11.3. The first-order valence-electron chi connectivity index (χ1n) is 7.25. The normalized spacial score (nSPS) is 30.3. The minimum Gasteiger partial charge on any atom is -0.381 e. The molecular formula is C15H26O3. The fourth-order valence-electron chi connectivity index (χ4n) is 3.18. The third-order valence-corrected chi connectivity index (χ3v) is 4.58. The molecule has 3 nitrogen and oxygen atoms in total. The van der Waals surface area contributed by atoms with E-state index in [1.165, 1.54) is 0 Å². The number of Topliss-reactive ketones (excluding diaryl/α,β-unsaturated/α-hetero) is 1. The summed E-state index contributed by atoms with van der Waals surface area (Å²) in [6.07, 6.45) is 4.78. The van der Waals surface area contributed by atoms with Gasteiger partial charge in [0.1, 0.15) is 5.60 Å². The Bertz CT molecular complexity index is 293. The third-order valence-electron chi connectivity index (χ3n) is 4.58. The monoisotopic (exact) mass is 254 g/mol. The van der Waals surface area contributed by atoms with Gasteiger partial charge in [-0.15, -0.1) is 0 Å². The first kappa shape index (κ1) is 14.0. The van der Waals surface area contributed by atoms with Gasteiger partial charge in [0, 0.05) is 19.1 Å². The lowest BCUT2D eigenvalue weighted by Crippen LogP contribution is -2.49. The van der Waals surface area contributed by atoms with E-state index in [0.29, 0.717) is 24.4 Å². The van der Waals surface area contributed by atoms with E-state index >= 15 is 0 Å². The topological polar surface area (TPSA) is 35.5 Å². The number of hydrogen-bond acceptors (Lipinski definition) is 3. The number of carbonyl (C=O) groups excluding carboxylic acids is 1. The van der Waals surface area contributed by atoms with Crippen LogP contribution in [0.1, 0.15) is 52.9 Å². The zero-order chi connectivity index (χ0) is 13.2. The Labute approximate surface area is 110 Å². The SMILES string of the molecule is CCOC1(C(=O)C2CCOC2)CCC(C)(C)CC1. The van der Waals surface area contributed by atoms with Crippen LogP contribution in [0.2, 0.25) is 0 Å². The van der Waals surface area contributed by atoms with Crippen molar-refractivity contribution in [2.24, 2.45) is 11.3 Å². The van der Waals surface area contributed by atoms with Gasteiger partial charge >= 0.3 is 0 Å². The minimum absolute atomic E-state index is 0.0674. The summed E-state index contributed by atoms with van der Waals surface area (Å²) >= 11 is 0. The van der Waals surface area contributed by atoms with Crippen molar-refractivity contribution in [2.45, 2.75) is 58.5 Å². The lowest BCUT2D eigenvalue weighted by atomic mass is 9.68. The van der Waals surface area contributed by atoms with E-state index in [1.54, 1.807) is 0 Å². The molecule has 0 amide bonds. The average Bonchev–Trinajstić information content (AvgIpc) is 2.85. The van der Waals surface area contributed by atoms with Crippen LogP contribution >= 0.6 is 0 Å². The molecule has 2 fully saturated rings. The maximum Gasteiger partial charge on any atom is 0.170 e. The number of carbonyl (C=O) groups is 1. The molecule has 0 N–H and O–H groups in total. The van der Waals surface area contributed by atoms with E-state index in [1.807, 2.05) is 6.92 Å². The highest BCUT2D eigenvalue weighted by molar-refractivity contribution is 5.90. The van der Waals surface area contributed by atoms with Crippen molar-refractivity contribution in [1.29, 1.82) is 0 Å². The molecule has 1 unspecified atom stereocenters. The van der Waals surface area contributed by atoms with Gasteiger partial charge in [0.15, 0.2) is 5.78 Å². The lowest BCUT2D eigenvalue weighted by Gasteiger charge is -2.43. The standard InChI is InChI=1S/C15H26O3/c1-4-18-15(8-6-14(2,3)7-9-15)13(16)12-5-10-17-11-12/h12H,4-11H2,1-3H3. The molecule has 1 atom stereocenters. The Hall–Kier alpha value is -0.410. The van der Waals surface area contributed by atoms with Gasteiger partial charge in [0.05, 0.1) is 6.61 Å². The van der Waals surface area contributed by atoms with Crippen molar-refractivity contribution in [3.63, 3.8) is 0 Å². The summed E-state index contributed by atoms with van der Waals surface area (Å²) in [7, 11) is 0. The fraction of sp³-hybridized carbons (Fsp3) is 0.933. The molecule has 0 spiro atoms. The largest absolute Gasteiger partial charge is 0.381 e. The maximum absolute atomic E-state index is 12.7. The highest BCUT2D eigenvalue weighted by atomic mass is 16.5. The molecule has 3 heteroatoms. The van der Waals surface area contributed by atoms with E-state index in [4.69, 9.17) is 9.47 Å². The second kappa shape index (κ2) is 5.30. The maximum atomic E-state index is 12.7. The molecule has 0 bridgehead atoms. The minimum atomic E-state index is -0.511. The van der Waals surface area contributed by atoms with Gasteiger partial charge in [-0.2, -0.15) is 0 Å². The Morgan fingerprint density at radius 2 is 1.94 bits per heavy atom. The van der Waals surface area contributed by atoms with E-state index in [-0.39, 0.29) is 5.92 Å². The molecule has 18 heavy (non-hydrogen) atoms. The second-order valence-electron chi connectivity index (χ2n) is 6.52.